The molecule has 19 heavy (non-hydrogen) atoms. The number of halogens is 1. The lowest BCUT2D eigenvalue weighted by atomic mass is 10.1. The van der Waals surface area contributed by atoms with E-state index in [1.54, 1.807) is 54.6 Å². The van der Waals surface area contributed by atoms with Gasteiger partial charge in [0.15, 0.2) is 11.2 Å². The van der Waals surface area contributed by atoms with Gasteiger partial charge in [-0.15, -0.1) is 11.6 Å². The minimum atomic E-state index is -1.23. The predicted octanol–water partition coefficient (Wildman–Crippen LogP) is 3.12. The number of carbonyl (C=O) groups excluding carboxylic acids is 2. The first-order valence-corrected chi connectivity index (χ1v) is 6.21. The van der Waals surface area contributed by atoms with E-state index in [-0.39, 0.29) is 0 Å². The minimum absolute atomic E-state index is 0.407. The summed E-state index contributed by atoms with van der Waals surface area (Å²) in [5, 5.41) is 1.37. The molecular weight excluding hydrogens is 262 g/mol. The van der Waals surface area contributed by atoms with Gasteiger partial charge in [-0.25, -0.2) is 0 Å². The van der Waals surface area contributed by atoms with E-state index in [9.17, 15) is 9.59 Å². The maximum Gasteiger partial charge on any atom is 0.250 e. The predicted molar refractivity (Wildman–Crippen MR) is 75.5 cm³/mol. The van der Waals surface area contributed by atoms with Crippen LogP contribution in [0.5, 0.6) is 0 Å². The Bertz CT molecular complexity index is 569. The molecule has 0 saturated carbocycles. The average Bonchev–Trinajstić information content (AvgIpc) is 2.47. The molecule has 1 atom stereocenters. The summed E-state index contributed by atoms with van der Waals surface area (Å²) in [6, 6.07) is 17.4. The van der Waals surface area contributed by atoms with Crippen molar-refractivity contribution in [1.82, 2.24) is 0 Å². The number of Topliss-reactive ketones (excluding diaryl/α,β-unsaturated/α-hetero) is 1. The van der Waals surface area contributed by atoms with Crippen molar-refractivity contribution in [2.45, 2.75) is 5.38 Å². The molecule has 1 N–H and O–H groups in total. The Balaban J connectivity index is 2.06. The van der Waals surface area contributed by atoms with Gasteiger partial charge < -0.3 is 5.32 Å². The summed E-state index contributed by atoms with van der Waals surface area (Å²) < 4.78 is 0. The van der Waals surface area contributed by atoms with Gasteiger partial charge in [0, 0.05) is 11.3 Å². The van der Waals surface area contributed by atoms with E-state index >= 15 is 0 Å². The Hall–Kier alpha value is -2.13. The van der Waals surface area contributed by atoms with Crippen LogP contribution in [0.3, 0.4) is 0 Å². The van der Waals surface area contributed by atoms with Crippen LogP contribution >= 0.6 is 11.6 Å². The van der Waals surface area contributed by atoms with Crippen LogP contribution in [0.2, 0.25) is 0 Å². The third-order valence-corrected chi connectivity index (χ3v) is 2.96. The number of anilines is 1. The fraction of sp³-hybridized carbons (Fsp3) is 0.0667. The highest BCUT2D eigenvalue weighted by atomic mass is 35.5. The van der Waals surface area contributed by atoms with Crippen LogP contribution in [0.25, 0.3) is 0 Å². The molecule has 0 fully saturated rings. The van der Waals surface area contributed by atoms with Crippen molar-refractivity contribution >= 4 is 29.0 Å². The summed E-state index contributed by atoms with van der Waals surface area (Å²) in [6.45, 7) is 0. The van der Waals surface area contributed by atoms with E-state index < -0.39 is 17.1 Å². The first kappa shape index (κ1) is 13.3. The molecule has 0 aliphatic rings. The van der Waals surface area contributed by atoms with E-state index in [4.69, 9.17) is 11.6 Å². The molecular formula is C15H12ClNO2. The lowest BCUT2D eigenvalue weighted by Gasteiger charge is -2.09. The Labute approximate surface area is 116 Å². The van der Waals surface area contributed by atoms with Crippen LogP contribution < -0.4 is 5.32 Å². The molecule has 3 nitrogen and oxygen atoms in total. The topological polar surface area (TPSA) is 46.2 Å². The smallest absolute Gasteiger partial charge is 0.250 e. The number of benzene rings is 2. The van der Waals surface area contributed by atoms with Gasteiger partial charge in [-0.3, -0.25) is 9.59 Å². The lowest BCUT2D eigenvalue weighted by molar-refractivity contribution is -0.115. The third kappa shape index (κ3) is 3.42. The van der Waals surface area contributed by atoms with Crippen molar-refractivity contribution in [3.8, 4) is 0 Å². The van der Waals surface area contributed by atoms with Gasteiger partial charge in [-0.05, 0) is 12.1 Å². The summed E-state index contributed by atoms with van der Waals surface area (Å²) in [5.74, 6) is -0.933. The van der Waals surface area contributed by atoms with Crippen molar-refractivity contribution < 1.29 is 9.59 Å². The summed E-state index contributed by atoms with van der Waals surface area (Å²) in [7, 11) is 0. The van der Waals surface area contributed by atoms with Crippen molar-refractivity contribution in [2.75, 3.05) is 5.32 Å². The molecule has 0 unspecified atom stereocenters. The van der Waals surface area contributed by atoms with Crippen LogP contribution in [0, 0.1) is 0 Å². The number of alkyl halides is 1. The summed E-state index contributed by atoms with van der Waals surface area (Å²) >= 11 is 5.90. The van der Waals surface area contributed by atoms with E-state index in [1.165, 1.54) is 0 Å². The normalized spacial score (nSPS) is 11.6. The third-order valence-electron chi connectivity index (χ3n) is 2.56. The number of rotatable bonds is 4. The zero-order chi connectivity index (χ0) is 13.7. The van der Waals surface area contributed by atoms with Crippen molar-refractivity contribution in [1.29, 1.82) is 0 Å². The molecule has 4 heteroatoms. The first-order chi connectivity index (χ1) is 9.18. The Morgan fingerprint density at radius 1 is 0.895 bits per heavy atom. The van der Waals surface area contributed by atoms with Gasteiger partial charge in [0.25, 0.3) is 0 Å². The zero-order valence-corrected chi connectivity index (χ0v) is 10.8. The monoisotopic (exact) mass is 273 g/mol. The first-order valence-electron chi connectivity index (χ1n) is 5.78. The van der Waals surface area contributed by atoms with E-state index in [0.717, 1.165) is 0 Å². The molecule has 96 valence electrons. The summed E-state index contributed by atoms with van der Waals surface area (Å²) in [5.41, 5.74) is 1.03. The van der Waals surface area contributed by atoms with Gasteiger partial charge in [0.05, 0.1) is 0 Å². The van der Waals surface area contributed by atoms with Crippen LogP contribution in [0.1, 0.15) is 10.4 Å². The van der Waals surface area contributed by atoms with Crippen molar-refractivity contribution in [2.24, 2.45) is 0 Å². The molecule has 0 saturated heterocycles. The molecule has 2 aromatic rings. The summed E-state index contributed by atoms with van der Waals surface area (Å²) in [6.07, 6.45) is 0. The maximum atomic E-state index is 12.0. The number of nitrogens with one attached hydrogen (secondary N) is 1. The van der Waals surface area contributed by atoms with Crippen molar-refractivity contribution in [3.05, 3.63) is 66.2 Å². The average molecular weight is 274 g/mol. The van der Waals surface area contributed by atoms with Crippen molar-refractivity contribution in [3.63, 3.8) is 0 Å². The Morgan fingerprint density at radius 3 is 2.00 bits per heavy atom. The van der Waals surface area contributed by atoms with Gasteiger partial charge in [-0.1, -0.05) is 48.5 Å². The number of amides is 1. The standard InChI is InChI=1S/C15H12ClNO2/c16-13(14(18)11-7-3-1-4-8-11)15(19)17-12-9-5-2-6-10-12/h1-10,13H,(H,17,19)/t13-/m0/s1. The minimum Gasteiger partial charge on any atom is -0.324 e. The van der Waals surface area contributed by atoms with Crippen LogP contribution in [0.15, 0.2) is 60.7 Å². The second kappa shape index (κ2) is 6.16. The number of para-hydroxylation sites is 1. The molecule has 1 amide bonds. The molecule has 0 bridgehead atoms. The Morgan fingerprint density at radius 2 is 1.42 bits per heavy atom. The summed E-state index contributed by atoms with van der Waals surface area (Å²) in [4.78, 5) is 23.8. The Kier molecular flexibility index (Phi) is 4.31. The maximum absolute atomic E-state index is 12.0. The SMILES string of the molecule is O=C(Nc1ccccc1)[C@@H](Cl)C(=O)c1ccccc1. The van der Waals surface area contributed by atoms with Crippen LogP contribution in [0.4, 0.5) is 5.69 Å². The van der Waals surface area contributed by atoms with E-state index in [0.29, 0.717) is 11.3 Å². The fourth-order valence-electron chi connectivity index (χ4n) is 1.59. The zero-order valence-electron chi connectivity index (χ0n) is 10.0. The van der Waals surface area contributed by atoms with Gasteiger partial charge in [0.1, 0.15) is 0 Å². The quantitative estimate of drug-likeness (QED) is 0.528. The molecule has 2 aromatic carbocycles. The molecule has 2 rings (SSSR count). The molecule has 0 aliphatic carbocycles. The van der Waals surface area contributed by atoms with Gasteiger partial charge >= 0.3 is 0 Å². The second-order valence-electron chi connectivity index (χ2n) is 3.95. The van der Waals surface area contributed by atoms with Gasteiger partial charge in [0.2, 0.25) is 5.91 Å². The molecule has 0 heterocycles. The molecule has 0 spiro atoms. The van der Waals surface area contributed by atoms with E-state index in [2.05, 4.69) is 5.32 Å². The highest BCUT2D eigenvalue weighted by Crippen LogP contribution is 2.12. The molecule has 0 aliphatic heterocycles. The van der Waals surface area contributed by atoms with Crippen LogP contribution in [-0.2, 0) is 4.79 Å². The number of ketones is 1. The number of carbonyl (C=O) groups is 2. The number of hydrogen-bond donors (Lipinski definition) is 1. The highest BCUT2D eigenvalue weighted by molar-refractivity contribution is 6.45. The van der Waals surface area contributed by atoms with E-state index in [1.807, 2.05) is 6.07 Å². The van der Waals surface area contributed by atoms with Crippen LogP contribution in [-0.4, -0.2) is 17.1 Å². The fourth-order valence-corrected chi connectivity index (χ4v) is 1.78. The number of hydrogen-bond acceptors (Lipinski definition) is 2. The molecule has 0 aromatic heterocycles. The molecule has 0 radical (unpaired) electrons. The van der Waals surface area contributed by atoms with Gasteiger partial charge in [-0.2, -0.15) is 0 Å². The lowest BCUT2D eigenvalue weighted by Crippen LogP contribution is -2.30. The second-order valence-corrected chi connectivity index (χ2v) is 4.38. The largest absolute Gasteiger partial charge is 0.324 e. The highest BCUT2D eigenvalue weighted by Gasteiger charge is 2.24.